The van der Waals surface area contributed by atoms with Crippen LogP contribution in [0.5, 0.6) is 0 Å². The lowest BCUT2D eigenvalue weighted by atomic mass is 9.77. The first-order chi connectivity index (χ1) is 16.8. The van der Waals surface area contributed by atoms with Crippen LogP contribution in [-0.2, 0) is 14.3 Å². The summed E-state index contributed by atoms with van der Waals surface area (Å²) < 4.78 is 6.32. The maximum Gasteiger partial charge on any atom is 0.241 e. The van der Waals surface area contributed by atoms with Gasteiger partial charge in [-0.15, -0.1) is 0 Å². The minimum absolute atomic E-state index is 0.228. The van der Waals surface area contributed by atoms with Crippen molar-refractivity contribution in [3.8, 4) is 0 Å². The predicted octanol–water partition coefficient (Wildman–Crippen LogP) is 4.31. The zero-order valence-electron chi connectivity index (χ0n) is 19.6. The van der Waals surface area contributed by atoms with Crippen LogP contribution >= 0.6 is 0 Å². The van der Waals surface area contributed by atoms with E-state index < -0.39 is 46.9 Å². The molecule has 6 rings (SSSR count). The molecule has 2 aliphatic heterocycles. The van der Waals surface area contributed by atoms with E-state index in [2.05, 4.69) is 0 Å². The standard InChI is InChI=1S/C29H23NO5/c1-15-11-13-18(14-12-15)24-22-23(28(34)30(27(22)33)21-10-6-7-16(2)17(21)3)29(35-24)25(31)19-8-4-5-9-20(19)26(29)32/h4-14,22-24H,1-3H3/t22-,23+,24-/m0/s1. The number of rotatable bonds is 2. The summed E-state index contributed by atoms with van der Waals surface area (Å²) >= 11 is 0. The number of amides is 2. The number of nitrogens with zero attached hydrogens (tertiary/aromatic N) is 1. The Morgan fingerprint density at radius 2 is 1.37 bits per heavy atom. The van der Waals surface area contributed by atoms with Gasteiger partial charge in [0.05, 0.1) is 23.6 Å². The Balaban J connectivity index is 1.56. The molecule has 0 N–H and O–H groups in total. The number of hydrogen-bond acceptors (Lipinski definition) is 5. The molecule has 6 nitrogen and oxygen atoms in total. The molecule has 0 radical (unpaired) electrons. The van der Waals surface area contributed by atoms with Crippen molar-refractivity contribution < 1.29 is 23.9 Å². The van der Waals surface area contributed by atoms with Gasteiger partial charge in [0.25, 0.3) is 0 Å². The van der Waals surface area contributed by atoms with Crippen molar-refractivity contribution in [1.82, 2.24) is 0 Å². The molecule has 35 heavy (non-hydrogen) atoms. The Kier molecular flexibility index (Phi) is 4.51. The number of ether oxygens (including phenoxy) is 1. The summed E-state index contributed by atoms with van der Waals surface area (Å²) in [6, 6.07) is 19.3. The highest BCUT2D eigenvalue weighted by atomic mass is 16.5. The van der Waals surface area contributed by atoms with Gasteiger partial charge in [-0.2, -0.15) is 0 Å². The fourth-order valence-electron chi connectivity index (χ4n) is 5.79. The van der Waals surface area contributed by atoms with E-state index in [0.717, 1.165) is 21.6 Å². The highest BCUT2D eigenvalue weighted by Crippen LogP contribution is 2.57. The van der Waals surface area contributed by atoms with Gasteiger partial charge in [0, 0.05) is 11.1 Å². The molecular formula is C29H23NO5. The van der Waals surface area contributed by atoms with Crippen molar-refractivity contribution in [1.29, 1.82) is 0 Å². The molecule has 1 spiro atoms. The molecular weight excluding hydrogens is 442 g/mol. The third-order valence-corrected chi connectivity index (χ3v) is 7.74. The summed E-state index contributed by atoms with van der Waals surface area (Å²) in [4.78, 5) is 56.7. The second-order valence-electron chi connectivity index (χ2n) is 9.62. The van der Waals surface area contributed by atoms with Crippen LogP contribution in [0.1, 0.15) is 49.1 Å². The smallest absolute Gasteiger partial charge is 0.241 e. The van der Waals surface area contributed by atoms with Crippen LogP contribution in [0.4, 0.5) is 5.69 Å². The van der Waals surface area contributed by atoms with Crippen molar-refractivity contribution in [3.63, 3.8) is 0 Å². The molecule has 0 aromatic heterocycles. The lowest BCUT2D eigenvalue weighted by Gasteiger charge is -2.28. The Hall–Kier alpha value is -3.90. The number of fused-ring (bicyclic) bond motifs is 3. The first kappa shape index (κ1) is 21.6. The molecule has 3 aromatic carbocycles. The fourth-order valence-corrected chi connectivity index (χ4v) is 5.79. The van der Waals surface area contributed by atoms with Crippen molar-refractivity contribution >= 4 is 29.1 Å². The third-order valence-electron chi connectivity index (χ3n) is 7.74. The van der Waals surface area contributed by atoms with Crippen molar-refractivity contribution in [3.05, 3.63) is 100 Å². The van der Waals surface area contributed by atoms with Gasteiger partial charge in [0.1, 0.15) is 0 Å². The first-order valence-corrected chi connectivity index (χ1v) is 11.6. The fraction of sp³-hybridized carbons (Fsp3) is 0.241. The molecule has 1 aliphatic carbocycles. The van der Waals surface area contributed by atoms with E-state index in [0.29, 0.717) is 11.3 Å². The lowest BCUT2D eigenvalue weighted by molar-refractivity contribution is -0.127. The molecule has 174 valence electrons. The molecule has 2 fully saturated rings. The largest absolute Gasteiger partial charge is 0.349 e. The van der Waals surface area contributed by atoms with Gasteiger partial charge in [0.15, 0.2) is 0 Å². The highest BCUT2D eigenvalue weighted by molar-refractivity contribution is 6.37. The third kappa shape index (κ3) is 2.68. The summed E-state index contributed by atoms with van der Waals surface area (Å²) in [6.07, 6.45) is -0.908. The molecule has 0 unspecified atom stereocenters. The zero-order valence-corrected chi connectivity index (χ0v) is 19.6. The average Bonchev–Trinajstić information content (AvgIpc) is 3.42. The lowest BCUT2D eigenvalue weighted by Crippen LogP contribution is -2.51. The molecule has 3 aliphatic rings. The molecule has 2 heterocycles. The molecule has 0 bridgehead atoms. The van der Waals surface area contributed by atoms with Gasteiger partial charge in [-0.3, -0.25) is 19.2 Å². The minimum atomic E-state index is -2.05. The zero-order chi connectivity index (χ0) is 24.6. The number of carbonyl (C=O) groups excluding carboxylic acids is 4. The second kappa shape index (κ2) is 7.30. The van der Waals surface area contributed by atoms with E-state index in [1.807, 2.05) is 51.1 Å². The van der Waals surface area contributed by atoms with Gasteiger partial charge < -0.3 is 4.74 Å². The highest BCUT2D eigenvalue weighted by Gasteiger charge is 2.74. The van der Waals surface area contributed by atoms with Crippen molar-refractivity contribution in [2.75, 3.05) is 4.90 Å². The van der Waals surface area contributed by atoms with Crippen LogP contribution in [0.25, 0.3) is 0 Å². The summed E-state index contributed by atoms with van der Waals surface area (Å²) in [5.41, 5.74) is 2.28. The maximum atomic E-state index is 14.0. The number of ketones is 2. The monoisotopic (exact) mass is 465 g/mol. The Bertz CT molecular complexity index is 1420. The number of benzene rings is 3. The summed E-state index contributed by atoms with van der Waals surface area (Å²) in [5, 5.41) is 0. The van der Waals surface area contributed by atoms with E-state index in [1.165, 1.54) is 0 Å². The van der Waals surface area contributed by atoms with E-state index in [-0.39, 0.29) is 11.1 Å². The first-order valence-electron chi connectivity index (χ1n) is 11.6. The van der Waals surface area contributed by atoms with Crippen LogP contribution in [0.3, 0.4) is 0 Å². The molecule has 2 saturated heterocycles. The van der Waals surface area contributed by atoms with Crippen LogP contribution in [0, 0.1) is 32.6 Å². The summed E-state index contributed by atoms with van der Waals surface area (Å²) in [5.74, 6) is -4.36. The number of aryl methyl sites for hydroxylation is 2. The summed E-state index contributed by atoms with van der Waals surface area (Å²) in [7, 11) is 0. The maximum absolute atomic E-state index is 14.0. The normalized spacial score (nSPS) is 24.4. The van der Waals surface area contributed by atoms with E-state index in [9.17, 15) is 19.2 Å². The Morgan fingerprint density at radius 1 is 0.743 bits per heavy atom. The van der Waals surface area contributed by atoms with Crippen LogP contribution in [-0.4, -0.2) is 29.0 Å². The molecule has 3 atom stereocenters. The predicted molar refractivity (Wildman–Crippen MR) is 128 cm³/mol. The van der Waals surface area contributed by atoms with Gasteiger partial charge in [0.2, 0.25) is 29.0 Å². The topological polar surface area (TPSA) is 80.8 Å². The molecule has 0 saturated carbocycles. The van der Waals surface area contributed by atoms with Gasteiger partial charge in [-0.1, -0.05) is 66.2 Å². The van der Waals surface area contributed by atoms with Crippen LogP contribution in [0.2, 0.25) is 0 Å². The minimum Gasteiger partial charge on any atom is -0.349 e. The molecule has 3 aromatic rings. The molecule has 6 heteroatoms. The van der Waals surface area contributed by atoms with Crippen molar-refractivity contribution in [2.45, 2.75) is 32.5 Å². The van der Waals surface area contributed by atoms with Crippen molar-refractivity contribution in [2.24, 2.45) is 11.8 Å². The number of imide groups is 1. The van der Waals surface area contributed by atoms with Crippen LogP contribution < -0.4 is 4.90 Å². The quantitative estimate of drug-likeness (QED) is 0.416. The van der Waals surface area contributed by atoms with E-state index in [1.54, 1.807) is 36.4 Å². The number of Topliss-reactive ketones (excluding diaryl/α,β-unsaturated/α-hetero) is 2. The number of hydrogen-bond donors (Lipinski definition) is 0. The number of carbonyl (C=O) groups is 4. The van der Waals surface area contributed by atoms with Gasteiger partial charge in [-0.05, 0) is 43.5 Å². The van der Waals surface area contributed by atoms with Crippen LogP contribution in [0.15, 0.2) is 66.7 Å². The van der Waals surface area contributed by atoms with Gasteiger partial charge in [-0.25, -0.2) is 4.90 Å². The molecule has 2 amide bonds. The number of anilines is 1. The second-order valence-corrected chi connectivity index (χ2v) is 9.62. The summed E-state index contributed by atoms with van der Waals surface area (Å²) in [6.45, 7) is 5.70. The Labute approximate surface area is 202 Å². The average molecular weight is 466 g/mol. The SMILES string of the molecule is Cc1ccc([C@@H]2OC3(C(=O)c4ccccc4C3=O)[C@H]3C(=O)N(c4cccc(C)c4C)C(=O)[C@H]23)cc1. The van der Waals surface area contributed by atoms with E-state index >= 15 is 0 Å². The van der Waals surface area contributed by atoms with E-state index in [4.69, 9.17) is 4.74 Å². The Morgan fingerprint density at radius 3 is 2.00 bits per heavy atom. The van der Waals surface area contributed by atoms with Gasteiger partial charge >= 0.3 is 0 Å².